The number of aryl methyl sites for hydroxylation is 1. The number of methoxy groups -OCH3 is 1. The summed E-state index contributed by atoms with van der Waals surface area (Å²) < 4.78 is 5.04. The van der Waals surface area contributed by atoms with Crippen molar-refractivity contribution >= 4 is 39.6 Å². The lowest BCUT2D eigenvalue weighted by molar-refractivity contribution is 0.0601. The lowest BCUT2D eigenvalue weighted by Gasteiger charge is -2.12. The Kier molecular flexibility index (Phi) is 6.57. The van der Waals surface area contributed by atoms with Crippen LogP contribution in [0.25, 0.3) is 0 Å². The first-order chi connectivity index (χ1) is 12.7. The molecule has 26 heavy (non-hydrogen) atoms. The molecule has 0 aliphatic heterocycles. The highest BCUT2D eigenvalue weighted by molar-refractivity contribution is 7.80. The fourth-order valence-electron chi connectivity index (χ4n) is 3.16. The quantitative estimate of drug-likeness (QED) is 0.607. The van der Waals surface area contributed by atoms with Crippen LogP contribution in [0.5, 0.6) is 0 Å². The monoisotopic (exact) mass is 389 g/mol. The lowest BCUT2D eigenvalue weighted by Crippen LogP contribution is -2.28. The highest BCUT2D eigenvalue weighted by Crippen LogP contribution is 2.37. The van der Waals surface area contributed by atoms with Gasteiger partial charge in [-0.2, -0.15) is 0 Å². The van der Waals surface area contributed by atoms with Crippen LogP contribution < -0.4 is 10.6 Å². The average Bonchev–Trinajstić information content (AvgIpc) is 2.96. The maximum atomic E-state index is 12.4. The van der Waals surface area contributed by atoms with Crippen molar-refractivity contribution in [3.8, 4) is 0 Å². The van der Waals surface area contributed by atoms with Crippen LogP contribution in [0.3, 0.4) is 0 Å². The predicted molar refractivity (Wildman–Crippen MR) is 109 cm³/mol. The summed E-state index contributed by atoms with van der Waals surface area (Å²) in [5.74, 6) is -0.291. The van der Waals surface area contributed by atoms with E-state index in [9.17, 15) is 4.79 Å². The summed E-state index contributed by atoms with van der Waals surface area (Å²) in [6.45, 7) is 0.582. The van der Waals surface area contributed by atoms with E-state index < -0.39 is 0 Å². The first-order valence-corrected chi connectivity index (χ1v) is 10.1. The summed E-state index contributed by atoms with van der Waals surface area (Å²) in [6.07, 6.45) is 10.2. The second-order valence-electron chi connectivity index (χ2n) is 6.28. The first kappa shape index (κ1) is 18.8. The van der Waals surface area contributed by atoms with Gasteiger partial charge in [0.05, 0.1) is 12.7 Å². The number of hydrogen-bond donors (Lipinski definition) is 2. The largest absolute Gasteiger partial charge is 0.465 e. The van der Waals surface area contributed by atoms with Gasteiger partial charge in [0.2, 0.25) is 0 Å². The molecule has 0 saturated heterocycles. The number of anilines is 1. The fourth-order valence-corrected chi connectivity index (χ4v) is 4.68. The Hall–Kier alpha value is -1.99. The highest BCUT2D eigenvalue weighted by atomic mass is 32.1. The van der Waals surface area contributed by atoms with Gasteiger partial charge in [-0.15, -0.1) is 11.3 Å². The number of thiocarbonyl (C=S) groups is 1. The van der Waals surface area contributed by atoms with Crippen LogP contribution in [0.15, 0.2) is 24.5 Å². The Morgan fingerprint density at radius 1 is 1.31 bits per heavy atom. The number of rotatable bonds is 4. The van der Waals surface area contributed by atoms with Crippen molar-refractivity contribution in [1.29, 1.82) is 0 Å². The van der Waals surface area contributed by atoms with Gasteiger partial charge in [0.1, 0.15) is 5.00 Å². The molecular weight excluding hydrogens is 366 g/mol. The van der Waals surface area contributed by atoms with E-state index in [-0.39, 0.29) is 5.97 Å². The summed E-state index contributed by atoms with van der Waals surface area (Å²) in [7, 11) is 1.43. The number of nitrogens with zero attached hydrogens (tertiary/aromatic N) is 1. The smallest absolute Gasteiger partial charge is 0.341 e. The highest BCUT2D eigenvalue weighted by Gasteiger charge is 2.25. The zero-order valence-corrected chi connectivity index (χ0v) is 16.5. The standard InChI is InChI=1S/C19H23N3O2S2/c1-24-18(23)16-14-8-4-2-3-5-9-15(14)26-17(16)22-19(25)21-12-13-7-6-10-20-11-13/h6-7,10-11H,2-5,8-9,12H2,1H3,(H2,21,22,25). The maximum absolute atomic E-state index is 12.4. The molecule has 3 rings (SSSR count). The summed E-state index contributed by atoms with van der Waals surface area (Å²) in [6, 6.07) is 3.88. The Morgan fingerprint density at radius 2 is 2.12 bits per heavy atom. The third kappa shape index (κ3) is 4.59. The number of esters is 1. The zero-order chi connectivity index (χ0) is 18.4. The third-order valence-corrected chi connectivity index (χ3v) is 5.92. The topological polar surface area (TPSA) is 63.2 Å². The van der Waals surface area contributed by atoms with Crippen LogP contribution >= 0.6 is 23.6 Å². The first-order valence-electron chi connectivity index (χ1n) is 8.85. The lowest BCUT2D eigenvalue weighted by atomic mass is 9.96. The van der Waals surface area contributed by atoms with Gasteiger partial charge in [-0.25, -0.2) is 4.79 Å². The number of carbonyl (C=O) groups is 1. The molecule has 0 radical (unpaired) electrons. The van der Waals surface area contributed by atoms with E-state index in [0.717, 1.165) is 41.8 Å². The molecule has 2 N–H and O–H groups in total. The molecule has 0 amide bonds. The normalized spacial score (nSPS) is 13.9. The van der Waals surface area contributed by atoms with Gasteiger partial charge in [-0.3, -0.25) is 4.98 Å². The van der Waals surface area contributed by atoms with E-state index >= 15 is 0 Å². The van der Waals surface area contributed by atoms with E-state index in [4.69, 9.17) is 17.0 Å². The Morgan fingerprint density at radius 3 is 2.85 bits per heavy atom. The zero-order valence-electron chi connectivity index (χ0n) is 14.8. The maximum Gasteiger partial charge on any atom is 0.341 e. The molecule has 138 valence electrons. The van der Waals surface area contributed by atoms with Crippen molar-refractivity contribution < 1.29 is 9.53 Å². The Bertz CT molecular complexity index is 775. The molecule has 0 atom stereocenters. The van der Waals surface area contributed by atoms with Gasteiger partial charge in [0.15, 0.2) is 5.11 Å². The molecule has 0 fully saturated rings. The second-order valence-corrected chi connectivity index (χ2v) is 7.80. The second kappa shape index (κ2) is 9.09. The van der Waals surface area contributed by atoms with Crippen molar-refractivity contribution in [3.05, 3.63) is 46.1 Å². The van der Waals surface area contributed by atoms with Crippen molar-refractivity contribution in [2.45, 2.75) is 45.1 Å². The molecule has 0 spiro atoms. The van der Waals surface area contributed by atoms with Crippen LogP contribution in [0.1, 0.15) is 52.0 Å². The van der Waals surface area contributed by atoms with Gasteiger partial charge in [-0.1, -0.05) is 18.9 Å². The molecule has 1 aliphatic rings. The third-order valence-electron chi connectivity index (χ3n) is 4.46. The number of hydrogen-bond acceptors (Lipinski definition) is 5. The van der Waals surface area contributed by atoms with Gasteiger partial charge < -0.3 is 15.4 Å². The number of aromatic nitrogens is 1. The molecule has 2 aromatic heterocycles. The van der Waals surface area contributed by atoms with E-state index in [1.165, 1.54) is 24.8 Å². The molecule has 2 heterocycles. The van der Waals surface area contributed by atoms with E-state index in [1.807, 2.05) is 12.1 Å². The van der Waals surface area contributed by atoms with E-state index in [1.54, 1.807) is 23.7 Å². The molecule has 2 aromatic rings. The Balaban J connectivity index is 1.76. The van der Waals surface area contributed by atoms with Gasteiger partial charge >= 0.3 is 5.97 Å². The van der Waals surface area contributed by atoms with E-state index in [0.29, 0.717) is 17.2 Å². The summed E-state index contributed by atoms with van der Waals surface area (Å²) in [4.78, 5) is 17.8. The molecule has 0 saturated carbocycles. The van der Waals surface area contributed by atoms with Crippen LogP contribution in [-0.2, 0) is 24.1 Å². The van der Waals surface area contributed by atoms with Crippen molar-refractivity contribution in [2.75, 3.05) is 12.4 Å². The molecule has 5 nitrogen and oxygen atoms in total. The Labute approximate surface area is 163 Å². The number of ether oxygens (including phenoxy) is 1. The predicted octanol–water partition coefficient (Wildman–Crippen LogP) is 4.08. The van der Waals surface area contributed by atoms with Gasteiger partial charge in [-0.05, 0) is 55.1 Å². The molecule has 0 aromatic carbocycles. The number of nitrogens with one attached hydrogen (secondary N) is 2. The van der Waals surface area contributed by atoms with Crippen molar-refractivity contribution in [2.24, 2.45) is 0 Å². The molecule has 7 heteroatoms. The summed E-state index contributed by atoms with van der Waals surface area (Å²) in [5.41, 5.74) is 2.84. The summed E-state index contributed by atoms with van der Waals surface area (Å²) in [5, 5.41) is 7.66. The van der Waals surface area contributed by atoms with Crippen LogP contribution in [0.2, 0.25) is 0 Å². The van der Waals surface area contributed by atoms with Gasteiger partial charge in [0, 0.05) is 23.8 Å². The molecule has 0 unspecified atom stereocenters. The van der Waals surface area contributed by atoms with E-state index in [2.05, 4.69) is 15.6 Å². The number of thiophene rings is 1. The number of pyridine rings is 1. The minimum Gasteiger partial charge on any atom is -0.465 e. The minimum absolute atomic E-state index is 0.291. The molecule has 1 aliphatic carbocycles. The van der Waals surface area contributed by atoms with Gasteiger partial charge in [0.25, 0.3) is 0 Å². The minimum atomic E-state index is -0.291. The SMILES string of the molecule is COC(=O)c1c(NC(=S)NCc2cccnc2)sc2c1CCCCCC2. The van der Waals surface area contributed by atoms with Crippen LogP contribution in [0.4, 0.5) is 5.00 Å². The molecular formula is C19H23N3O2S2. The molecule has 0 bridgehead atoms. The number of carbonyl (C=O) groups excluding carboxylic acids is 1. The average molecular weight is 390 g/mol. The van der Waals surface area contributed by atoms with Crippen molar-refractivity contribution in [3.63, 3.8) is 0 Å². The van der Waals surface area contributed by atoms with Crippen LogP contribution in [-0.4, -0.2) is 23.2 Å². The fraction of sp³-hybridized carbons (Fsp3) is 0.421. The summed E-state index contributed by atoms with van der Waals surface area (Å²) >= 11 is 7.05. The van der Waals surface area contributed by atoms with Crippen LogP contribution in [0, 0.1) is 0 Å². The van der Waals surface area contributed by atoms with Crippen molar-refractivity contribution in [1.82, 2.24) is 10.3 Å². The number of fused-ring (bicyclic) bond motifs is 1.